The number of amides is 1. The average molecular weight is 474 g/mol. The minimum absolute atomic E-state index is 0.195. The van der Waals surface area contributed by atoms with E-state index in [1.165, 1.54) is 6.21 Å². The van der Waals surface area contributed by atoms with Gasteiger partial charge >= 0.3 is 5.91 Å². The third-order valence-corrected chi connectivity index (χ3v) is 5.13. The van der Waals surface area contributed by atoms with E-state index in [9.17, 15) is 10.1 Å². The Kier molecular flexibility index (Phi) is 6.11. The molecule has 0 fully saturated rings. The van der Waals surface area contributed by atoms with Gasteiger partial charge in [-0.25, -0.2) is 5.43 Å². The van der Waals surface area contributed by atoms with Crippen molar-refractivity contribution in [2.75, 3.05) is 0 Å². The number of halogens is 1. The van der Waals surface area contributed by atoms with Crippen LogP contribution in [0, 0.1) is 11.3 Å². The summed E-state index contributed by atoms with van der Waals surface area (Å²) in [5.41, 5.74) is 5.27. The Morgan fingerprint density at radius 2 is 1.94 bits per heavy atom. The van der Waals surface area contributed by atoms with Crippen LogP contribution in [0.3, 0.4) is 0 Å². The number of carbonyl (C=O) groups excluding carboxylic acids is 1. The van der Waals surface area contributed by atoms with Gasteiger partial charge in [0, 0.05) is 10.9 Å². The minimum atomic E-state index is -0.428. The van der Waals surface area contributed by atoms with Gasteiger partial charge in [-0.3, -0.25) is 4.79 Å². The Morgan fingerprint density at radius 1 is 1.13 bits per heavy atom. The lowest BCUT2D eigenvalue weighted by molar-refractivity contribution is 0.0929. The van der Waals surface area contributed by atoms with Crippen LogP contribution in [0.4, 0.5) is 0 Å². The van der Waals surface area contributed by atoms with Crippen LogP contribution in [-0.2, 0) is 6.61 Å². The number of carbonyl (C=O) groups is 1. The molecule has 1 aromatic heterocycles. The van der Waals surface area contributed by atoms with E-state index < -0.39 is 5.91 Å². The summed E-state index contributed by atoms with van der Waals surface area (Å²) in [5, 5.41) is 14.0. The number of nitriles is 1. The van der Waals surface area contributed by atoms with E-state index in [0.29, 0.717) is 16.9 Å². The standard InChI is InChI=1S/C24H16BrN3O3/c25-20-11-16(9-10-22(20)30-15-19-7-2-1-6-18(19)13-26)14-27-28-24(29)23-12-17-5-3-4-8-21(17)31-23/h1-12,14H,15H2,(H,28,29). The molecule has 1 amide bonds. The second-order valence-corrected chi connectivity index (χ2v) is 7.45. The lowest BCUT2D eigenvalue weighted by Crippen LogP contribution is -2.16. The van der Waals surface area contributed by atoms with E-state index in [-0.39, 0.29) is 12.4 Å². The van der Waals surface area contributed by atoms with Crippen LogP contribution < -0.4 is 10.2 Å². The summed E-state index contributed by atoms with van der Waals surface area (Å²) < 4.78 is 12.1. The number of rotatable bonds is 6. The number of hydrogen-bond donors (Lipinski definition) is 1. The van der Waals surface area contributed by atoms with Crippen molar-refractivity contribution in [3.8, 4) is 11.8 Å². The number of fused-ring (bicyclic) bond motifs is 1. The van der Waals surface area contributed by atoms with Gasteiger partial charge in [-0.05, 0) is 57.9 Å². The first kappa shape index (κ1) is 20.4. The molecule has 0 atom stereocenters. The molecule has 0 spiro atoms. The highest BCUT2D eigenvalue weighted by Crippen LogP contribution is 2.27. The number of nitrogens with zero attached hydrogens (tertiary/aromatic N) is 2. The Bertz CT molecular complexity index is 1290. The first-order chi connectivity index (χ1) is 15.1. The van der Waals surface area contributed by atoms with Crippen LogP contribution in [-0.4, -0.2) is 12.1 Å². The van der Waals surface area contributed by atoms with Crippen molar-refractivity contribution in [3.05, 3.63) is 99.7 Å². The predicted molar refractivity (Wildman–Crippen MR) is 121 cm³/mol. The molecular weight excluding hydrogens is 458 g/mol. The number of furan rings is 1. The molecule has 0 radical (unpaired) electrons. The molecule has 152 valence electrons. The summed E-state index contributed by atoms with van der Waals surface area (Å²) in [7, 11) is 0. The van der Waals surface area contributed by atoms with E-state index in [2.05, 4.69) is 32.5 Å². The molecule has 0 aliphatic carbocycles. The van der Waals surface area contributed by atoms with Crippen LogP contribution in [0.2, 0.25) is 0 Å². The lowest BCUT2D eigenvalue weighted by Gasteiger charge is -2.09. The van der Waals surface area contributed by atoms with Gasteiger partial charge in [0.25, 0.3) is 0 Å². The van der Waals surface area contributed by atoms with Crippen molar-refractivity contribution < 1.29 is 13.9 Å². The number of ether oxygens (including phenoxy) is 1. The van der Waals surface area contributed by atoms with Gasteiger partial charge in [-0.15, -0.1) is 0 Å². The number of benzene rings is 3. The van der Waals surface area contributed by atoms with Crippen molar-refractivity contribution >= 4 is 39.0 Å². The quantitative estimate of drug-likeness (QED) is 0.299. The van der Waals surface area contributed by atoms with E-state index in [0.717, 1.165) is 21.0 Å². The van der Waals surface area contributed by atoms with E-state index in [1.54, 1.807) is 24.3 Å². The van der Waals surface area contributed by atoms with E-state index in [4.69, 9.17) is 9.15 Å². The molecule has 4 rings (SSSR count). The molecule has 1 N–H and O–H groups in total. The first-order valence-electron chi connectivity index (χ1n) is 9.36. The Labute approximate surface area is 186 Å². The summed E-state index contributed by atoms with van der Waals surface area (Å²) in [4.78, 5) is 12.2. The monoisotopic (exact) mass is 473 g/mol. The van der Waals surface area contributed by atoms with Crippen LogP contribution >= 0.6 is 15.9 Å². The Balaban J connectivity index is 1.38. The van der Waals surface area contributed by atoms with Gasteiger partial charge in [0.2, 0.25) is 0 Å². The zero-order chi connectivity index (χ0) is 21.6. The number of hydrogen-bond acceptors (Lipinski definition) is 5. The molecule has 0 aliphatic rings. The fraction of sp³-hybridized carbons (Fsp3) is 0.0417. The third kappa shape index (κ3) is 4.82. The van der Waals surface area contributed by atoms with E-state index >= 15 is 0 Å². The molecular formula is C24H16BrN3O3. The van der Waals surface area contributed by atoms with Crippen LogP contribution in [0.5, 0.6) is 5.75 Å². The second kappa shape index (κ2) is 9.28. The van der Waals surface area contributed by atoms with Gasteiger partial charge < -0.3 is 9.15 Å². The predicted octanol–water partition coefficient (Wildman–Crippen LogP) is 5.41. The van der Waals surface area contributed by atoms with Crippen molar-refractivity contribution in [3.63, 3.8) is 0 Å². The topological polar surface area (TPSA) is 87.6 Å². The number of para-hydroxylation sites is 1. The highest BCUT2D eigenvalue weighted by atomic mass is 79.9. The maximum Gasteiger partial charge on any atom is 0.307 e. The van der Waals surface area contributed by atoms with Gasteiger partial charge in [0.05, 0.1) is 22.3 Å². The summed E-state index contributed by atoms with van der Waals surface area (Å²) >= 11 is 3.48. The largest absolute Gasteiger partial charge is 0.488 e. The van der Waals surface area contributed by atoms with Gasteiger partial charge in [-0.2, -0.15) is 10.4 Å². The number of nitrogens with one attached hydrogen (secondary N) is 1. The van der Waals surface area contributed by atoms with Crippen molar-refractivity contribution in [2.45, 2.75) is 6.61 Å². The molecule has 0 bridgehead atoms. The molecule has 4 aromatic rings. The Hall–Kier alpha value is -3.89. The van der Waals surface area contributed by atoms with Crippen LogP contribution in [0.25, 0.3) is 11.0 Å². The summed E-state index contributed by atoms with van der Waals surface area (Å²) in [6, 6.07) is 24.0. The second-order valence-electron chi connectivity index (χ2n) is 6.60. The molecule has 3 aromatic carbocycles. The van der Waals surface area contributed by atoms with Crippen LogP contribution in [0.1, 0.15) is 27.2 Å². The lowest BCUT2D eigenvalue weighted by atomic mass is 10.1. The molecule has 7 heteroatoms. The summed E-state index contributed by atoms with van der Waals surface area (Å²) in [6.07, 6.45) is 1.53. The van der Waals surface area contributed by atoms with Crippen molar-refractivity contribution in [1.29, 1.82) is 5.26 Å². The molecule has 0 saturated heterocycles. The third-order valence-electron chi connectivity index (χ3n) is 4.51. The van der Waals surface area contributed by atoms with Gasteiger partial charge in [-0.1, -0.05) is 36.4 Å². The molecule has 6 nitrogen and oxygen atoms in total. The molecule has 1 heterocycles. The number of hydrazone groups is 1. The van der Waals surface area contributed by atoms with Gasteiger partial charge in [0.15, 0.2) is 5.76 Å². The zero-order valence-electron chi connectivity index (χ0n) is 16.2. The fourth-order valence-corrected chi connectivity index (χ4v) is 3.45. The SMILES string of the molecule is N#Cc1ccccc1COc1ccc(C=NNC(=O)c2cc3ccccc3o2)cc1Br. The summed E-state index contributed by atoms with van der Waals surface area (Å²) in [5.74, 6) is 0.403. The summed E-state index contributed by atoms with van der Waals surface area (Å²) in [6.45, 7) is 0.281. The minimum Gasteiger partial charge on any atom is -0.488 e. The maximum absolute atomic E-state index is 12.2. The highest BCUT2D eigenvalue weighted by Gasteiger charge is 2.11. The van der Waals surface area contributed by atoms with Crippen LogP contribution in [0.15, 0.2) is 86.8 Å². The normalized spacial score (nSPS) is 10.8. The first-order valence-corrected chi connectivity index (χ1v) is 10.2. The van der Waals surface area contributed by atoms with Crippen molar-refractivity contribution in [1.82, 2.24) is 5.43 Å². The average Bonchev–Trinajstić information content (AvgIpc) is 3.23. The molecule has 0 aliphatic heterocycles. The van der Waals surface area contributed by atoms with E-state index in [1.807, 2.05) is 48.5 Å². The molecule has 0 saturated carbocycles. The smallest absolute Gasteiger partial charge is 0.307 e. The van der Waals surface area contributed by atoms with Crippen molar-refractivity contribution in [2.24, 2.45) is 5.10 Å². The maximum atomic E-state index is 12.2. The zero-order valence-corrected chi connectivity index (χ0v) is 17.8. The fourth-order valence-electron chi connectivity index (χ4n) is 2.94. The Morgan fingerprint density at radius 3 is 2.74 bits per heavy atom. The molecule has 31 heavy (non-hydrogen) atoms. The highest BCUT2D eigenvalue weighted by molar-refractivity contribution is 9.10. The molecule has 0 unspecified atom stereocenters. The van der Waals surface area contributed by atoms with Gasteiger partial charge in [0.1, 0.15) is 17.9 Å².